The zero-order valence-corrected chi connectivity index (χ0v) is 16.9. The Labute approximate surface area is 157 Å². The van der Waals surface area contributed by atoms with Gasteiger partial charge in [-0.15, -0.1) is 6.58 Å². The minimum atomic E-state index is -0.546. The van der Waals surface area contributed by atoms with E-state index in [1.54, 1.807) is 18.2 Å². The topological polar surface area (TPSA) is 52.6 Å². The first-order valence-electron chi connectivity index (χ1n) is 9.07. The zero-order chi connectivity index (χ0) is 20.0. The Hall–Kier alpha value is -2.10. The van der Waals surface area contributed by atoms with Crippen LogP contribution in [0, 0.1) is 5.92 Å². The number of carbonyl (C=O) groups is 2. The number of carbonyl (C=O) groups excluding carboxylic acids is 2. The molecular weight excluding hydrogens is 328 g/mol. The van der Waals surface area contributed by atoms with Crippen LogP contribution in [0.25, 0.3) is 0 Å². The van der Waals surface area contributed by atoms with Gasteiger partial charge in [0.25, 0.3) is 0 Å². The van der Waals surface area contributed by atoms with Crippen molar-refractivity contribution in [1.82, 2.24) is 0 Å². The number of hydrogen-bond donors (Lipinski definition) is 0. The van der Waals surface area contributed by atoms with Gasteiger partial charge >= 0.3 is 11.9 Å². The van der Waals surface area contributed by atoms with E-state index in [9.17, 15) is 9.59 Å². The van der Waals surface area contributed by atoms with E-state index in [1.165, 1.54) is 0 Å². The summed E-state index contributed by atoms with van der Waals surface area (Å²) in [6, 6.07) is 7.25. The number of esters is 2. The van der Waals surface area contributed by atoms with Crippen LogP contribution in [0.2, 0.25) is 0 Å². The Kier molecular flexibility index (Phi) is 7.61. The van der Waals surface area contributed by atoms with Gasteiger partial charge in [-0.3, -0.25) is 4.79 Å². The first-order chi connectivity index (χ1) is 11.9. The van der Waals surface area contributed by atoms with Gasteiger partial charge in [-0.1, -0.05) is 18.2 Å². The Morgan fingerprint density at radius 1 is 1.08 bits per heavy atom. The summed E-state index contributed by atoms with van der Waals surface area (Å²) in [6.45, 7) is 14.8. The summed E-state index contributed by atoms with van der Waals surface area (Å²) < 4.78 is 11.0. The van der Waals surface area contributed by atoms with E-state index in [-0.39, 0.29) is 17.9 Å². The minimum absolute atomic E-state index is 0.220. The molecule has 144 valence electrons. The molecule has 26 heavy (non-hydrogen) atoms. The molecule has 0 fully saturated rings. The molecule has 1 aromatic rings. The second kappa shape index (κ2) is 9.02. The molecule has 0 aromatic heterocycles. The Morgan fingerprint density at radius 2 is 1.69 bits per heavy atom. The molecule has 4 nitrogen and oxygen atoms in total. The van der Waals surface area contributed by atoms with Gasteiger partial charge in [-0.25, -0.2) is 4.79 Å². The van der Waals surface area contributed by atoms with Crippen LogP contribution in [0.4, 0.5) is 0 Å². The molecule has 0 amide bonds. The average molecular weight is 360 g/mol. The van der Waals surface area contributed by atoms with E-state index < -0.39 is 11.2 Å². The van der Waals surface area contributed by atoms with Gasteiger partial charge in [0.15, 0.2) is 0 Å². The molecule has 4 heteroatoms. The first kappa shape index (κ1) is 21.9. The third kappa shape index (κ3) is 8.32. The highest BCUT2D eigenvalue weighted by Gasteiger charge is 2.25. The standard InChI is InChI=1S/C22H32O4/c1-8-9-12-17(19(23)25-21(2,3)4)14-16-11-10-13-18(15-16)20(24)26-22(5,6)7/h8,10-11,13,15,17H,1,9,12,14H2,2-7H3. The molecule has 0 spiro atoms. The molecule has 1 unspecified atom stereocenters. The van der Waals surface area contributed by atoms with Gasteiger partial charge in [0.2, 0.25) is 0 Å². The lowest BCUT2D eigenvalue weighted by Crippen LogP contribution is -2.29. The normalized spacial score (nSPS) is 13.0. The summed E-state index contributed by atoms with van der Waals surface area (Å²) in [7, 11) is 0. The molecule has 0 N–H and O–H groups in total. The Bertz CT molecular complexity index is 632. The van der Waals surface area contributed by atoms with E-state index in [0.717, 1.165) is 12.0 Å². The van der Waals surface area contributed by atoms with Crippen molar-refractivity contribution < 1.29 is 19.1 Å². The largest absolute Gasteiger partial charge is 0.460 e. The highest BCUT2D eigenvalue weighted by atomic mass is 16.6. The summed E-state index contributed by atoms with van der Waals surface area (Å²) in [4.78, 5) is 24.8. The smallest absolute Gasteiger partial charge is 0.338 e. The van der Waals surface area contributed by atoms with E-state index in [1.807, 2.05) is 53.7 Å². The molecule has 0 heterocycles. The van der Waals surface area contributed by atoms with Crippen molar-refractivity contribution >= 4 is 11.9 Å². The lowest BCUT2D eigenvalue weighted by atomic mass is 9.93. The molecule has 1 rings (SSSR count). The monoisotopic (exact) mass is 360 g/mol. The van der Waals surface area contributed by atoms with Crippen molar-refractivity contribution in [3.8, 4) is 0 Å². The average Bonchev–Trinajstić information content (AvgIpc) is 2.48. The Balaban J connectivity index is 2.93. The maximum Gasteiger partial charge on any atom is 0.338 e. The van der Waals surface area contributed by atoms with Crippen LogP contribution in [0.5, 0.6) is 0 Å². The van der Waals surface area contributed by atoms with E-state index >= 15 is 0 Å². The van der Waals surface area contributed by atoms with Crippen LogP contribution in [-0.4, -0.2) is 23.1 Å². The van der Waals surface area contributed by atoms with Crippen molar-refractivity contribution in [3.05, 3.63) is 48.0 Å². The number of hydrogen-bond acceptors (Lipinski definition) is 4. The third-order valence-electron chi connectivity index (χ3n) is 3.50. The van der Waals surface area contributed by atoms with Crippen molar-refractivity contribution in [2.45, 2.75) is 72.0 Å². The lowest BCUT2D eigenvalue weighted by molar-refractivity contribution is -0.160. The highest BCUT2D eigenvalue weighted by molar-refractivity contribution is 5.89. The predicted octanol–water partition coefficient (Wildman–Crippen LogP) is 5.11. The van der Waals surface area contributed by atoms with Gasteiger partial charge < -0.3 is 9.47 Å². The van der Waals surface area contributed by atoms with Crippen LogP contribution >= 0.6 is 0 Å². The fourth-order valence-electron chi connectivity index (χ4n) is 2.45. The molecule has 0 saturated heterocycles. The van der Waals surface area contributed by atoms with E-state index in [2.05, 4.69) is 6.58 Å². The Morgan fingerprint density at radius 3 is 2.23 bits per heavy atom. The van der Waals surface area contributed by atoms with Gasteiger partial charge in [0.05, 0.1) is 11.5 Å². The van der Waals surface area contributed by atoms with Crippen molar-refractivity contribution in [2.24, 2.45) is 5.92 Å². The summed E-state index contributed by atoms with van der Waals surface area (Å²) >= 11 is 0. The van der Waals surface area contributed by atoms with E-state index in [0.29, 0.717) is 18.4 Å². The molecule has 0 aliphatic carbocycles. The van der Waals surface area contributed by atoms with Crippen LogP contribution in [0.15, 0.2) is 36.9 Å². The van der Waals surface area contributed by atoms with Crippen molar-refractivity contribution in [1.29, 1.82) is 0 Å². The van der Waals surface area contributed by atoms with Gasteiger partial charge in [-0.2, -0.15) is 0 Å². The van der Waals surface area contributed by atoms with Crippen LogP contribution in [0.3, 0.4) is 0 Å². The summed E-state index contributed by atoms with van der Waals surface area (Å²) in [6.07, 6.45) is 3.71. The van der Waals surface area contributed by atoms with Crippen LogP contribution in [0.1, 0.15) is 70.3 Å². The molecule has 1 aromatic carbocycles. The summed E-state index contributed by atoms with van der Waals surface area (Å²) in [5, 5.41) is 0. The maximum absolute atomic E-state index is 12.5. The zero-order valence-electron chi connectivity index (χ0n) is 16.9. The number of ether oxygens (including phenoxy) is 2. The first-order valence-corrected chi connectivity index (χ1v) is 9.07. The fraction of sp³-hybridized carbons (Fsp3) is 0.545. The van der Waals surface area contributed by atoms with Crippen LogP contribution in [-0.2, 0) is 20.7 Å². The molecule has 0 saturated carbocycles. The van der Waals surface area contributed by atoms with Crippen molar-refractivity contribution in [2.75, 3.05) is 0 Å². The van der Waals surface area contributed by atoms with Crippen LogP contribution < -0.4 is 0 Å². The molecule has 0 radical (unpaired) electrons. The molecule has 0 aliphatic rings. The fourth-order valence-corrected chi connectivity index (χ4v) is 2.45. The molecule has 0 bridgehead atoms. The van der Waals surface area contributed by atoms with Gasteiger partial charge in [-0.05, 0) is 78.5 Å². The molecule has 0 aliphatic heterocycles. The van der Waals surface area contributed by atoms with Gasteiger partial charge in [0, 0.05) is 0 Å². The van der Waals surface area contributed by atoms with Gasteiger partial charge in [0.1, 0.15) is 11.2 Å². The van der Waals surface area contributed by atoms with Crippen molar-refractivity contribution in [3.63, 3.8) is 0 Å². The SMILES string of the molecule is C=CCCC(Cc1cccc(C(=O)OC(C)(C)C)c1)C(=O)OC(C)(C)C. The minimum Gasteiger partial charge on any atom is -0.460 e. The third-order valence-corrected chi connectivity index (χ3v) is 3.50. The van der Waals surface area contributed by atoms with E-state index in [4.69, 9.17) is 9.47 Å². The highest BCUT2D eigenvalue weighted by Crippen LogP contribution is 2.21. The molecular formula is C22H32O4. The second-order valence-electron chi connectivity index (χ2n) is 8.50. The quantitative estimate of drug-likeness (QED) is 0.501. The second-order valence-corrected chi connectivity index (χ2v) is 8.50. The molecule has 1 atom stereocenters. The number of benzene rings is 1. The maximum atomic E-state index is 12.5. The summed E-state index contributed by atoms with van der Waals surface area (Å²) in [5.41, 5.74) is 0.329. The predicted molar refractivity (Wildman–Crippen MR) is 104 cm³/mol. The summed E-state index contributed by atoms with van der Waals surface area (Å²) in [5.74, 6) is -0.859. The number of allylic oxidation sites excluding steroid dienone is 1. The number of rotatable bonds is 7. The lowest BCUT2D eigenvalue weighted by Gasteiger charge is -2.24.